The summed E-state index contributed by atoms with van der Waals surface area (Å²) in [4.78, 5) is 35.6. The summed E-state index contributed by atoms with van der Waals surface area (Å²) in [5.41, 5.74) is 2.54. The molecule has 0 saturated heterocycles. The summed E-state index contributed by atoms with van der Waals surface area (Å²) in [5, 5.41) is 8.09. The number of nitrogens with one attached hydrogen (secondary N) is 3. The predicted octanol–water partition coefficient (Wildman–Crippen LogP) is 1.47. The molecule has 0 radical (unpaired) electrons. The van der Waals surface area contributed by atoms with Gasteiger partial charge in [0, 0.05) is 6.54 Å². The van der Waals surface area contributed by atoms with E-state index in [9.17, 15) is 18.8 Å². The third-order valence-electron chi connectivity index (χ3n) is 4.36. The van der Waals surface area contributed by atoms with Crippen LogP contribution in [-0.2, 0) is 16.1 Å². The van der Waals surface area contributed by atoms with Gasteiger partial charge in [0.1, 0.15) is 18.1 Å². The number of anilines is 1. The molecule has 1 aromatic heterocycles. The lowest BCUT2D eigenvalue weighted by molar-refractivity contribution is -0.123. The molecule has 0 spiro atoms. The van der Waals surface area contributed by atoms with E-state index in [0.29, 0.717) is 29.9 Å². The smallest absolute Gasteiger partial charge is 0.267 e. The minimum Gasteiger partial charge on any atom is -0.351 e. The van der Waals surface area contributed by atoms with E-state index in [4.69, 9.17) is 0 Å². The number of carbonyl (C=O) groups is 3. The second-order valence-corrected chi connectivity index (χ2v) is 6.04. The molecule has 26 heavy (non-hydrogen) atoms. The van der Waals surface area contributed by atoms with Crippen molar-refractivity contribution in [2.45, 2.75) is 26.4 Å². The second kappa shape index (κ2) is 6.99. The Morgan fingerprint density at radius 2 is 2.19 bits per heavy atom. The van der Waals surface area contributed by atoms with Crippen LogP contribution >= 0.6 is 0 Å². The normalized spacial score (nSPS) is 15.8. The molecule has 1 aliphatic rings. The first kappa shape index (κ1) is 17.7. The number of halogens is 1. The van der Waals surface area contributed by atoms with Crippen LogP contribution in [0.4, 0.5) is 10.1 Å². The van der Waals surface area contributed by atoms with Gasteiger partial charge in [-0.25, -0.2) is 4.39 Å². The summed E-state index contributed by atoms with van der Waals surface area (Å²) < 4.78 is 15.4. The standard InChI is InChI=1S/C18H19FN4O3/c1-3-20-18(26)14-7-13(21-9-24)17-16(22-15(25)8-23(14)17)12-6-11(19)5-4-10(12)2/h4-7,9,16H,3,8H2,1-2H3,(H,20,26)(H,21,24)(H,22,25). The van der Waals surface area contributed by atoms with Crippen LogP contribution in [0, 0.1) is 12.7 Å². The van der Waals surface area contributed by atoms with E-state index in [1.165, 1.54) is 18.2 Å². The summed E-state index contributed by atoms with van der Waals surface area (Å²) in [7, 11) is 0. The molecular formula is C18H19FN4O3. The molecule has 1 atom stereocenters. The van der Waals surface area contributed by atoms with Gasteiger partial charge in [-0.15, -0.1) is 0 Å². The second-order valence-electron chi connectivity index (χ2n) is 6.04. The van der Waals surface area contributed by atoms with Crippen molar-refractivity contribution in [3.63, 3.8) is 0 Å². The maximum Gasteiger partial charge on any atom is 0.267 e. The molecule has 0 saturated carbocycles. The van der Waals surface area contributed by atoms with Crippen LogP contribution in [0.25, 0.3) is 0 Å². The molecule has 0 aliphatic carbocycles. The number of amides is 3. The number of fused-ring (bicyclic) bond motifs is 1. The first-order valence-electron chi connectivity index (χ1n) is 8.23. The number of carbonyl (C=O) groups excluding carboxylic acids is 3. The Bertz CT molecular complexity index is 891. The van der Waals surface area contributed by atoms with Crippen LogP contribution in [0.2, 0.25) is 0 Å². The van der Waals surface area contributed by atoms with Gasteiger partial charge in [0.15, 0.2) is 0 Å². The van der Waals surface area contributed by atoms with E-state index < -0.39 is 11.9 Å². The molecule has 7 nitrogen and oxygen atoms in total. The van der Waals surface area contributed by atoms with Crippen LogP contribution in [0.5, 0.6) is 0 Å². The van der Waals surface area contributed by atoms with E-state index in [-0.39, 0.29) is 24.1 Å². The molecule has 3 amide bonds. The van der Waals surface area contributed by atoms with E-state index >= 15 is 0 Å². The molecular weight excluding hydrogens is 339 g/mol. The Morgan fingerprint density at radius 3 is 2.88 bits per heavy atom. The molecule has 0 bridgehead atoms. The van der Waals surface area contributed by atoms with Gasteiger partial charge >= 0.3 is 0 Å². The molecule has 0 fully saturated rings. The zero-order chi connectivity index (χ0) is 18.8. The third kappa shape index (κ3) is 3.05. The predicted molar refractivity (Wildman–Crippen MR) is 93.2 cm³/mol. The minimum atomic E-state index is -0.683. The molecule has 136 valence electrons. The van der Waals surface area contributed by atoms with Gasteiger partial charge in [-0.2, -0.15) is 0 Å². The van der Waals surface area contributed by atoms with Gasteiger partial charge in [-0.05, 0) is 43.2 Å². The van der Waals surface area contributed by atoms with Crippen LogP contribution in [0.3, 0.4) is 0 Å². The van der Waals surface area contributed by atoms with Crippen LogP contribution in [0.15, 0.2) is 24.3 Å². The summed E-state index contributed by atoms with van der Waals surface area (Å²) in [6, 6.07) is 5.15. The number of rotatable bonds is 5. The third-order valence-corrected chi connectivity index (χ3v) is 4.36. The molecule has 3 rings (SSSR count). The van der Waals surface area contributed by atoms with Crippen molar-refractivity contribution >= 4 is 23.9 Å². The van der Waals surface area contributed by atoms with Gasteiger partial charge in [0.2, 0.25) is 12.3 Å². The lowest BCUT2D eigenvalue weighted by atomic mass is 9.96. The molecule has 8 heteroatoms. The number of hydrogen-bond donors (Lipinski definition) is 3. The summed E-state index contributed by atoms with van der Waals surface area (Å²) in [6.45, 7) is 3.95. The Balaban J connectivity index is 2.20. The highest BCUT2D eigenvalue weighted by Crippen LogP contribution is 2.35. The maximum absolute atomic E-state index is 13.8. The molecule has 1 aliphatic heterocycles. The van der Waals surface area contributed by atoms with Gasteiger partial charge in [-0.3, -0.25) is 14.4 Å². The number of nitrogens with zero attached hydrogens (tertiary/aromatic N) is 1. The average molecular weight is 358 g/mol. The Morgan fingerprint density at radius 1 is 1.42 bits per heavy atom. The monoisotopic (exact) mass is 358 g/mol. The zero-order valence-electron chi connectivity index (χ0n) is 14.4. The van der Waals surface area contributed by atoms with Crippen molar-refractivity contribution in [2.75, 3.05) is 11.9 Å². The fourth-order valence-corrected chi connectivity index (χ4v) is 3.23. The Kier molecular flexibility index (Phi) is 4.75. The molecule has 2 heterocycles. The first-order chi connectivity index (χ1) is 12.5. The summed E-state index contributed by atoms with van der Waals surface area (Å²) in [6.07, 6.45) is 0.504. The maximum atomic E-state index is 13.8. The van der Waals surface area contributed by atoms with Gasteiger partial charge in [0.05, 0.1) is 17.4 Å². The number of aryl methyl sites for hydroxylation is 1. The summed E-state index contributed by atoms with van der Waals surface area (Å²) >= 11 is 0. The van der Waals surface area contributed by atoms with Crippen LogP contribution in [-0.4, -0.2) is 29.3 Å². The van der Waals surface area contributed by atoms with Gasteiger partial charge in [-0.1, -0.05) is 6.07 Å². The van der Waals surface area contributed by atoms with Gasteiger partial charge < -0.3 is 20.5 Å². The average Bonchev–Trinajstić information content (AvgIpc) is 2.95. The van der Waals surface area contributed by atoms with Crippen molar-refractivity contribution in [3.8, 4) is 0 Å². The SMILES string of the molecule is CCNC(=O)c1cc(NC=O)c2n1CC(=O)NC2c1cc(F)ccc1C. The molecule has 3 N–H and O–H groups in total. The van der Waals surface area contributed by atoms with Crippen molar-refractivity contribution in [2.24, 2.45) is 0 Å². The number of aromatic nitrogens is 1. The fraction of sp³-hybridized carbons (Fsp3) is 0.278. The zero-order valence-corrected chi connectivity index (χ0v) is 14.4. The molecule has 1 unspecified atom stereocenters. The fourth-order valence-electron chi connectivity index (χ4n) is 3.23. The molecule has 1 aromatic carbocycles. The first-order valence-corrected chi connectivity index (χ1v) is 8.23. The minimum absolute atomic E-state index is 0.0623. The summed E-state index contributed by atoms with van der Waals surface area (Å²) in [5.74, 6) is -1.08. The van der Waals surface area contributed by atoms with Crippen molar-refractivity contribution in [3.05, 3.63) is 52.6 Å². The number of hydrogen-bond acceptors (Lipinski definition) is 3. The van der Waals surface area contributed by atoms with Crippen molar-refractivity contribution in [1.82, 2.24) is 15.2 Å². The van der Waals surface area contributed by atoms with E-state index in [1.807, 2.05) is 0 Å². The van der Waals surface area contributed by atoms with E-state index in [2.05, 4.69) is 16.0 Å². The van der Waals surface area contributed by atoms with Crippen molar-refractivity contribution < 1.29 is 18.8 Å². The molecule has 2 aromatic rings. The van der Waals surface area contributed by atoms with E-state index in [1.54, 1.807) is 24.5 Å². The quantitative estimate of drug-likeness (QED) is 0.707. The van der Waals surface area contributed by atoms with Crippen LogP contribution in [0.1, 0.15) is 40.3 Å². The lowest BCUT2D eigenvalue weighted by Gasteiger charge is -2.29. The Labute approximate surface area is 149 Å². The van der Waals surface area contributed by atoms with Crippen LogP contribution < -0.4 is 16.0 Å². The topological polar surface area (TPSA) is 92.2 Å². The van der Waals surface area contributed by atoms with Gasteiger partial charge in [0.25, 0.3) is 5.91 Å². The highest BCUT2D eigenvalue weighted by atomic mass is 19.1. The van der Waals surface area contributed by atoms with Crippen molar-refractivity contribution in [1.29, 1.82) is 0 Å². The lowest BCUT2D eigenvalue weighted by Crippen LogP contribution is -2.41. The largest absolute Gasteiger partial charge is 0.351 e. The highest BCUT2D eigenvalue weighted by Gasteiger charge is 2.33. The highest BCUT2D eigenvalue weighted by molar-refractivity contribution is 5.96. The number of benzene rings is 1. The van der Waals surface area contributed by atoms with E-state index in [0.717, 1.165) is 5.56 Å². The Hall–Kier alpha value is -3.16.